The number of aryl methyl sites for hydroxylation is 2. The Morgan fingerprint density at radius 1 is 1.11 bits per heavy atom. The van der Waals surface area contributed by atoms with Crippen molar-refractivity contribution < 1.29 is 0 Å². The van der Waals surface area contributed by atoms with Crippen molar-refractivity contribution >= 4 is 33.2 Å². The Hall–Kier alpha value is -0.990. The average Bonchev–Trinajstić information content (AvgIpc) is 2.34. The molecular formula is C15H15BrClN. The lowest BCUT2D eigenvalue weighted by Crippen LogP contribution is -2.00. The minimum absolute atomic E-state index is 0.766. The zero-order chi connectivity index (χ0) is 13.1. The molecule has 0 saturated carbocycles. The zero-order valence-electron chi connectivity index (χ0n) is 10.4. The molecule has 0 spiro atoms. The summed E-state index contributed by atoms with van der Waals surface area (Å²) < 4.78 is 1.08. The molecule has 2 rings (SSSR count). The number of halogens is 2. The first-order valence-corrected chi connectivity index (χ1v) is 6.98. The standard InChI is InChI=1S/C15H15BrClN/c1-10-3-6-13(16)15(7-10)18-9-12-5-4-11(2)14(17)8-12/h3-8,18H,9H2,1-2H3. The number of rotatable bonds is 3. The molecule has 1 N–H and O–H groups in total. The van der Waals surface area contributed by atoms with Crippen molar-refractivity contribution in [3.05, 3.63) is 62.6 Å². The van der Waals surface area contributed by atoms with E-state index in [-0.39, 0.29) is 0 Å². The van der Waals surface area contributed by atoms with Gasteiger partial charge in [0, 0.05) is 21.7 Å². The van der Waals surface area contributed by atoms with Crippen molar-refractivity contribution in [1.82, 2.24) is 0 Å². The van der Waals surface area contributed by atoms with Crippen molar-refractivity contribution in [2.24, 2.45) is 0 Å². The van der Waals surface area contributed by atoms with E-state index in [2.05, 4.69) is 52.4 Å². The van der Waals surface area contributed by atoms with Crippen LogP contribution in [0.5, 0.6) is 0 Å². The highest BCUT2D eigenvalue weighted by Gasteiger charge is 2.01. The van der Waals surface area contributed by atoms with E-state index < -0.39 is 0 Å². The van der Waals surface area contributed by atoms with E-state index in [0.717, 1.165) is 27.3 Å². The second-order valence-electron chi connectivity index (χ2n) is 4.42. The van der Waals surface area contributed by atoms with Crippen LogP contribution in [0.3, 0.4) is 0 Å². The summed E-state index contributed by atoms with van der Waals surface area (Å²) in [5.74, 6) is 0. The summed E-state index contributed by atoms with van der Waals surface area (Å²) in [6.07, 6.45) is 0. The van der Waals surface area contributed by atoms with Gasteiger partial charge >= 0.3 is 0 Å². The van der Waals surface area contributed by atoms with E-state index in [1.165, 1.54) is 11.1 Å². The van der Waals surface area contributed by atoms with Crippen LogP contribution in [0, 0.1) is 13.8 Å². The van der Waals surface area contributed by atoms with E-state index in [4.69, 9.17) is 11.6 Å². The van der Waals surface area contributed by atoms with Gasteiger partial charge in [0.05, 0.1) is 0 Å². The Morgan fingerprint density at radius 3 is 2.61 bits per heavy atom. The van der Waals surface area contributed by atoms with Gasteiger partial charge < -0.3 is 5.32 Å². The quantitative estimate of drug-likeness (QED) is 0.804. The number of anilines is 1. The van der Waals surface area contributed by atoms with Crippen LogP contribution in [0.2, 0.25) is 5.02 Å². The van der Waals surface area contributed by atoms with E-state index in [9.17, 15) is 0 Å². The number of benzene rings is 2. The Balaban J connectivity index is 2.11. The zero-order valence-corrected chi connectivity index (χ0v) is 12.8. The molecule has 18 heavy (non-hydrogen) atoms. The van der Waals surface area contributed by atoms with Gasteiger partial charge in [0.2, 0.25) is 0 Å². The molecule has 0 fully saturated rings. The largest absolute Gasteiger partial charge is 0.380 e. The van der Waals surface area contributed by atoms with Gasteiger partial charge in [0.1, 0.15) is 0 Å². The van der Waals surface area contributed by atoms with E-state index in [1.807, 2.05) is 19.1 Å². The molecule has 0 aliphatic carbocycles. The molecule has 0 radical (unpaired) electrons. The van der Waals surface area contributed by atoms with Gasteiger partial charge in [0.15, 0.2) is 0 Å². The predicted octanol–water partition coefficient (Wildman–Crippen LogP) is 5.33. The van der Waals surface area contributed by atoms with Crippen molar-refractivity contribution in [2.45, 2.75) is 20.4 Å². The Bertz CT molecular complexity index is 566. The normalized spacial score (nSPS) is 10.4. The predicted molar refractivity (Wildman–Crippen MR) is 82.4 cm³/mol. The highest BCUT2D eigenvalue weighted by molar-refractivity contribution is 9.10. The van der Waals surface area contributed by atoms with Gasteiger partial charge in [-0.1, -0.05) is 29.8 Å². The van der Waals surface area contributed by atoms with Crippen LogP contribution in [-0.2, 0) is 6.54 Å². The summed E-state index contributed by atoms with van der Waals surface area (Å²) in [4.78, 5) is 0. The number of hydrogen-bond donors (Lipinski definition) is 1. The minimum atomic E-state index is 0.766. The van der Waals surface area contributed by atoms with Gasteiger partial charge in [-0.15, -0.1) is 0 Å². The van der Waals surface area contributed by atoms with E-state index in [1.54, 1.807) is 0 Å². The van der Waals surface area contributed by atoms with Gasteiger partial charge in [-0.2, -0.15) is 0 Å². The fourth-order valence-corrected chi connectivity index (χ4v) is 2.31. The molecule has 0 atom stereocenters. The molecule has 0 heterocycles. The van der Waals surface area contributed by atoms with Crippen LogP contribution in [0.15, 0.2) is 40.9 Å². The summed E-state index contributed by atoms with van der Waals surface area (Å²) in [5.41, 5.74) is 4.63. The second-order valence-corrected chi connectivity index (χ2v) is 5.68. The Morgan fingerprint density at radius 2 is 1.89 bits per heavy atom. The monoisotopic (exact) mass is 323 g/mol. The summed E-state index contributed by atoms with van der Waals surface area (Å²) in [5, 5.41) is 4.23. The third-order valence-corrected chi connectivity index (χ3v) is 3.94. The van der Waals surface area contributed by atoms with Crippen LogP contribution in [0.1, 0.15) is 16.7 Å². The van der Waals surface area contributed by atoms with Crippen LogP contribution in [0.25, 0.3) is 0 Å². The molecule has 3 heteroatoms. The molecule has 0 amide bonds. The van der Waals surface area contributed by atoms with Gasteiger partial charge in [-0.05, 0) is 64.7 Å². The highest BCUT2D eigenvalue weighted by Crippen LogP contribution is 2.24. The smallest absolute Gasteiger partial charge is 0.0489 e. The van der Waals surface area contributed by atoms with Crippen LogP contribution in [0.4, 0.5) is 5.69 Å². The third kappa shape index (κ3) is 3.27. The topological polar surface area (TPSA) is 12.0 Å². The maximum absolute atomic E-state index is 6.12. The summed E-state index contributed by atoms with van der Waals surface area (Å²) >= 11 is 9.66. The van der Waals surface area contributed by atoms with E-state index in [0.29, 0.717) is 0 Å². The second kappa shape index (κ2) is 5.77. The summed E-state index contributed by atoms with van der Waals surface area (Å²) in [7, 11) is 0. The maximum Gasteiger partial charge on any atom is 0.0489 e. The summed E-state index contributed by atoms with van der Waals surface area (Å²) in [6.45, 7) is 4.86. The maximum atomic E-state index is 6.12. The first-order valence-electron chi connectivity index (χ1n) is 5.81. The SMILES string of the molecule is Cc1ccc(Br)c(NCc2ccc(C)c(Cl)c2)c1. The Kier molecular flexibility index (Phi) is 4.31. The minimum Gasteiger partial charge on any atom is -0.380 e. The molecule has 0 aliphatic rings. The molecule has 0 saturated heterocycles. The molecular weight excluding hydrogens is 310 g/mol. The molecule has 2 aromatic rings. The number of hydrogen-bond acceptors (Lipinski definition) is 1. The molecule has 2 aromatic carbocycles. The molecule has 0 unspecified atom stereocenters. The van der Waals surface area contributed by atoms with E-state index >= 15 is 0 Å². The lowest BCUT2D eigenvalue weighted by molar-refractivity contribution is 1.14. The van der Waals surface area contributed by atoms with Crippen molar-refractivity contribution in [1.29, 1.82) is 0 Å². The molecule has 1 nitrogen and oxygen atoms in total. The van der Waals surface area contributed by atoms with Crippen LogP contribution >= 0.6 is 27.5 Å². The van der Waals surface area contributed by atoms with Crippen molar-refractivity contribution in [3.8, 4) is 0 Å². The van der Waals surface area contributed by atoms with Gasteiger partial charge in [-0.3, -0.25) is 0 Å². The lowest BCUT2D eigenvalue weighted by atomic mass is 10.1. The molecule has 0 aliphatic heterocycles. The highest BCUT2D eigenvalue weighted by atomic mass is 79.9. The van der Waals surface area contributed by atoms with Crippen LogP contribution in [-0.4, -0.2) is 0 Å². The summed E-state index contributed by atoms with van der Waals surface area (Å²) in [6, 6.07) is 12.4. The third-order valence-electron chi connectivity index (χ3n) is 2.84. The fraction of sp³-hybridized carbons (Fsp3) is 0.200. The number of nitrogens with one attached hydrogen (secondary N) is 1. The lowest BCUT2D eigenvalue weighted by Gasteiger charge is -2.10. The molecule has 94 valence electrons. The van der Waals surface area contributed by atoms with Crippen LogP contribution < -0.4 is 5.32 Å². The molecule has 0 bridgehead atoms. The van der Waals surface area contributed by atoms with Gasteiger partial charge in [0.25, 0.3) is 0 Å². The first-order chi connectivity index (χ1) is 8.56. The average molecular weight is 325 g/mol. The van der Waals surface area contributed by atoms with Crippen molar-refractivity contribution in [3.63, 3.8) is 0 Å². The fourth-order valence-electron chi connectivity index (χ4n) is 1.72. The van der Waals surface area contributed by atoms with Gasteiger partial charge in [-0.25, -0.2) is 0 Å². The molecule has 0 aromatic heterocycles. The van der Waals surface area contributed by atoms with Crippen molar-refractivity contribution in [2.75, 3.05) is 5.32 Å². The first kappa shape index (κ1) is 13.4. The Labute approximate surface area is 121 Å².